The van der Waals surface area contributed by atoms with Gasteiger partial charge in [0.05, 0.1) is 17.7 Å². The summed E-state index contributed by atoms with van der Waals surface area (Å²) in [5.74, 6) is 0.881. The molecule has 8 nitrogen and oxygen atoms in total. The number of aromatic nitrogens is 2. The molecule has 1 unspecified atom stereocenters. The number of carbonyl (C=O) groups excluding carboxylic acids is 2. The zero-order valence-electron chi connectivity index (χ0n) is 18.8. The molecule has 0 spiro atoms. The van der Waals surface area contributed by atoms with Crippen LogP contribution in [0.3, 0.4) is 0 Å². The van der Waals surface area contributed by atoms with Crippen LogP contribution >= 0.6 is 0 Å². The van der Waals surface area contributed by atoms with Gasteiger partial charge in [0.1, 0.15) is 6.10 Å². The Kier molecular flexibility index (Phi) is 5.28. The maximum atomic E-state index is 13.5. The summed E-state index contributed by atoms with van der Waals surface area (Å²) >= 11 is 0. The fraction of sp³-hybridized carbons (Fsp3) is 0.320. The second kappa shape index (κ2) is 8.27. The number of fused-ring (bicyclic) bond motifs is 2. The van der Waals surface area contributed by atoms with Crippen molar-refractivity contribution in [2.45, 2.75) is 39.5 Å². The van der Waals surface area contributed by atoms with Crippen LogP contribution in [0.4, 0.5) is 0 Å². The summed E-state index contributed by atoms with van der Waals surface area (Å²) in [5.41, 5.74) is 5.11. The van der Waals surface area contributed by atoms with Crippen LogP contribution < -0.4 is 9.47 Å². The van der Waals surface area contributed by atoms with E-state index < -0.39 is 6.10 Å². The number of ether oxygens (including phenoxy) is 3. The van der Waals surface area contributed by atoms with Crippen molar-refractivity contribution in [2.24, 2.45) is 7.05 Å². The first-order chi connectivity index (χ1) is 15.9. The smallest absolute Gasteiger partial charge is 0.339 e. The third-order valence-corrected chi connectivity index (χ3v) is 6.31. The van der Waals surface area contributed by atoms with Crippen molar-refractivity contribution in [3.05, 3.63) is 76.1 Å². The molecule has 1 atom stereocenters. The summed E-state index contributed by atoms with van der Waals surface area (Å²) in [4.78, 5) is 27.5. The number of aryl methyl sites for hydroxylation is 2. The molecule has 2 aliphatic heterocycles. The van der Waals surface area contributed by atoms with Crippen molar-refractivity contribution in [1.82, 2.24) is 14.7 Å². The van der Waals surface area contributed by atoms with E-state index in [2.05, 4.69) is 5.10 Å². The van der Waals surface area contributed by atoms with Gasteiger partial charge < -0.3 is 19.1 Å². The summed E-state index contributed by atoms with van der Waals surface area (Å²) in [6.07, 6.45) is -0.511. The fourth-order valence-corrected chi connectivity index (χ4v) is 4.39. The Morgan fingerprint density at radius 2 is 1.91 bits per heavy atom. The highest BCUT2D eigenvalue weighted by Gasteiger charge is 2.33. The largest absolute Gasteiger partial charge is 0.454 e. The van der Waals surface area contributed by atoms with Crippen LogP contribution in [-0.2, 0) is 29.7 Å². The summed E-state index contributed by atoms with van der Waals surface area (Å²) in [5, 5.41) is 4.49. The van der Waals surface area contributed by atoms with E-state index in [0.717, 1.165) is 28.1 Å². The van der Waals surface area contributed by atoms with Gasteiger partial charge in [-0.15, -0.1) is 0 Å². The molecule has 2 aliphatic rings. The molecule has 33 heavy (non-hydrogen) atoms. The second-order valence-corrected chi connectivity index (χ2v) is 8.40. The zero-order chi connectivity index (χ0) is 23.1. The highest BCUT2D eigenvalue weighted by atomic mass is 16.7. The monoisotopic (exact) mass is 447 g/mol. The number of hydrogen-bond acceptors (Lipinski definition) is 6. The Bertz CT molecular complexity index is 1250. The molecule has 0 bridgehead atoms. The minimum Gasteiger partial charge on any atom is -0.454 e. The number of amides is 1. The number of cyclic esters (lactones) is 1. The molecule has 0 saturated heterocycles. The molecular formula is C25H25N3O5. The van der Waals surface area contributed by atoms with Crippen molar-refractivity contribution in [3.8, 4) is 11.5 Å². The van der Waals surface area contributed by atoms with E-state index in [0.29, 0.717) is 30.2 Å². The van der Waals surface area contributed by atoms with Gasteiger partial charge in [-0.05, 0) is 37.6 Å². The molecule has 0 N–H and O–H groups in total. The van der Waals surface area contributed by atoms with Gasteiger partial charge in [-0.1, -0.05) is 24.3 Å². The van der Waals surface area contributed by atoms with Gasteiger partial charge in [0, 0.05) is 37.0 Å². The maximum absolute atomic E-state index is 13.5. The molecule has 3 heterocycles. The average molecular weight is 447 g/mol. The second-order valence-electron chi connectivity index (χ2n) is 8.40. The summed E-state index contributed by atoms with van der Waals surface area (Å²) in [6.45, 7) is 4.92. The molecular weight excluding hydrogens is 422 g/mol. The van der Waals surface area contributed by atoms with Crippen LogP contribution in [0.15, 0.2) is 42.5 Å². The van der Waals surface area contributed by atoms with Crippen LogP contribution in [0, 0.1) is 13.8 Å². The molecule has 5 rings (SSSR count). The molecule has 1 amide bonds. The number of benzene rings is 2. The first kappa shape index (κ1) is 21.1. The number of carbonyl (C=O) groups is 2. The molecule has 0 saturated carbocycles. The molecule has 3 aromatic rings. The average Bonchev–Trinajstić information content (AvgIpc) is 3.46. The number of esters is 1. The standard InChI is InChI=1S/C25H25N3O5/c1-15-20(16(2)27(3)26-15)13-28(12-17-8-9-21-23(10-17)32-14-31-21)24(29)11-22-18-6-4-5-7-19(18)25(30)33-22/h4-10,22H,11-14H2,1-3H3. The zero-order valence-corrected chi connectivity index (χ0v) is 18.8. The molecule has 0 radical (unpaired) electrons. The van der Waals surface area contributed by atoms with Crippen LogP contribution in [0.5, 0.6) is 11.5 Å². The molecule has 1 aromatic heterocycles. The lowest BCUT2D eigenvalue weighted by molar-refractivity contribution is -0.134. The van der Waals surface area contributed by atoms with Crippen molar-refractivity contribution in [1.29, 1.82) is 0 Å². The van der Waals surface area contributed by atoms with Gasteiger partial charge in [0.25, 0.3) is 0 Å². The highest BCUT2D eigenvalue weighted by Crippen LogP contribution is 2.35. The summed E-state index contributed by atoms with van der Waals surface area (Å²) < 4.78 is 18.3. The summed E-state index contributed by atoms with van der Waals surface area (Å²) in [6, 6.07) is 12.9. The molecule has 8 heteroatoms. The van der Waals surface area contributed by atoms with E-state index in [9.17, 15) is 9.59 Å². The van der Waals surface area contributed by atoms with Crippen molar-refractivity contribution < 1.29 is 23.8 Å². The molecule has 2 aromatic carbocycles. The molecule has 0 aliphatic carbocycles. The van der Waals surface area contributed by atoms with E-state index in [4.69, 9.17) is 14.2 Å². The predicted octanol–water partition coefficient (Wildman–Crippen LogP) is 3.60. The lowest BCUT2D eigenvalue weighted by atomic mass is 10.0. The van der Waals surface area contributed by atoms with E-state index >= 15 is 0 Å². The quantitative estimate of drug-likeness (QED) is 0.537. The van der Waals surface area contributed by atoms with Crippen LogP contribution in [0.1, 0.15) is 51.0 Å². The predicted molar refractivity (Wildman–Crippen MR) is 119 cm³/mol. The third kappa shape index (κ3) is 3.92. The van der Waals surface area contributed by atoms with Crippen LogP contribution in [0.2, 0.25) is 0 Å². The first-order valence-electron chi connectivity index (χ1n) is 10.9. The fourth-order valence-electron chi connectivity index (χ4n) is 4.39. The van der Waals surface area contributed by atoms with E-state index in [1.54, 1.807) is 17.0 Å². The van der Waals surface area contributed by atoms with Gasteiger partial charge in [-0.25, -0.2) is 4.79 Å². The summed E-state index contributed by atoms with van der Waals surface area (Å²) in [7, 11) is 1.89. The van der Waals surface area contributed by atoms with Crippen molar-refractivity contribution in [3.63, 3.8) is 0 Å². The lowest BCUT2D eigenvalue weighted by Crippen LogP contribution is -2.31. The third-order valence-electron chi connectivity index (χ3n) is 6.31. The van der Waals surface area contributed by atoms with E-state index in [1.807, 2.05) is 55.9 Å². The van der Waals surface area contributed by atoms with E-state index in [1.165, 1.54) is 0 Å². The van der Waals surface area contributed by atoms with Crippen LogP contribution in [0.25, 0.3) is 0 Å². The number of nitrogens with zero attached hydrogens (tertiary/aromatic N) is 3. The molecule has 170 valence electrons. The van der Waals surface area contributed by atoms with Crippen molar-refractivity contribution in [2.75, 3.05) is 6.79 Å². The van der Waals surface area contributed by atoms with Gasteiger partial charge in [0.15, 0.2) is 11.5 Å². The molecule has 0 fully saturated rings. The maximum Gasteiger partial charge on any atom is 0.339 e. The Balaban J connectivity index is 1.42. The van der Waals surface area contributed by atoms with Crippen molar-refractivity contribution >= 4 is 11.9 Å². The highest BCUT2D eigenvalue weighted by molar-refractivity contribution is 5.94. The normalized spacial score (nSPS) is 16.0. The SMILES string of the molecule is Cc1nn(C)c(C)c1CN(Cc1ccc2c(c1)OCO2)C(=O)CC1OC(=O)c2ccccc21. The number of hydrogen-bond donors (Lipinski definition) is 0. The van der Waals surface area contributed by atoms with Gasteiger partial charge in [-0.2, -0.15) is 5.10 Å². The van der Waals surface area contributed by atoms with Gasteiger partial charge in [-0.3, -0.25) is 9.48 Å². The first-order valence-corrected chi connectivity index (χ1v) is 10.9. The Labute approximate surface area is 191 Å². The van der Waals surface area contributed by atoms with Gasteiger partial charge in [0.2, 0.25) is 12.7 Å². The minimum atomic E-state index is -0.587. The van der Waals surface area contributed by atoms with Gasteiger partial charge >= 0.3 is 5.97 Å². The minimum absolute atomic E-state index is 0.0751. The topological polar surface area (TPSA) is 82.9 Å². The Morgan fingerprint density at radius 1 is 1.12 bits per heavy atom. The Hall–Kier alpha value is -3.81. The van der Waals surface area contributed by atoms with E-state index in [-0.39, 0.29) is 25.1 Å². The van der Waals surface area contributed by atoms with Crippen LogP contribution in [-0.4, -0.2) is 33.3 Å². The Morgan fingerprint density at radius 3 is 2.70 bits per heavy atom. The lowest BCUT2D eigenvalue weighted by Gasteiger charge is -2.25. The number of rotatable bonds is 6.